The number of nitrogens with one attached hydrogen (secondary N) is 1. The minimum atomic E-state index is 0.101. The number of aliphatic hydroxyl groups excluding tert-OH is 1. The van der Waals surface area contributed by atoms with E-state index in [0.29, 0.717) is 0 Å². The smallest absolute Gasteiger partial charge is 0.116 e. The molecule has 0 bridgehead atoms. The molecule has 1 atom stereocenters. The molecule has 0 aliphatic heterocycles. The van der Waals surface area contributed by atoms with Gasteiger partial charge in [-0.3, -0.25) is 0 Å². The van der Waals surface area contributed by atoms with Crippen LogP contribution < -0.4 is 0 Å². The fraction of sp³-hybridized carbons (Fsp3) is 0.385. The van der Waals surface area contributed by atoms with Gasteiger partial charge in [0.25, 0.3) is 0 Å². The van der Waals surface area contributed by atoms with Crippen LogP contribution in [0.15, 0.2) is 24.3 Å². The van der Waals surface area contributed by atoms with Crippen molar-refractivity contribution in [2.75, 3.05) is 6.61 Å². The summed E-state index contributed by atoms with van der Waals surface area (Å²) < 4.78 is 0. The first kappa shape index (κ1) is 12.6. The highest BCUT2D eigenvalue weighted by atomic mass is 16.3. The summed E-state index contributed by atoms with van der Waals surface area (Å²) in [6.07, 6.45) is 0. The van der Waals surface area contributed by atoms with Gasteiger partial charge in [0.1, 0.15) is 5.75 Å². The first-order valence-corrected chi connectivity index (χ1v) is 5.63. The number of aromatic hydroxyl groups is 1. The van der Waals surface area contributed by atoms with Gasteiger partial charge < -0.3 is 15.2 Å². The molecule has 3 nitrogen and oxygen atoms in total. The predicted molar refractivity (Wildman–Crippen MR) is 66.8 cm³/mol. The lowest BCUT2D eigenvalue weighted by Crippen LogP contribution is -1.98. The highest BCUT2D eigenvalue weighted by Gasteiger charge is 2.07. The Kier molecular flexibility index (Phi) is 4.38. The minimum absolute atomic E-state index is 0.101. The molecule has 0 spiro atoms. The molecule has 0 amide bonds. The van der Waals surface area contributed by atoms with Crippen molar-refractivity contribution < 1.29 is 10.2 Å². The van der Waals surface area contributed by atoms with Crippen molar-refractivity contribution in [3.8, 4) is 5.75 Å². The monoisotopic (exact) mass is 221 g/mol. The van der Waals surface area contributed by atoms with Crippen LogP contribution in [0.3, 0.4) is 0 Å². The first-order chi connectivity index (χ1) is 7.70. The summed E-state index contributed by atoms with van der Waals surface area (Å²) in [5, 5.41) is 19.2. The lowest BCUT2D eigenvalue weighted by atomic mass is 10.1. The molecule has 0 saturated heterocycles. The van der Waals surface area contributed by atoms with E-state index >= 15 is 0 Å². The molecule has 88 valence electrons. The van der Waals surface area contributed by atoms with E-state index in [1.165, 1.54) is 0 Å². The summed E-state index contributed by atoms with van der Waals surface area (Å²) in [5.74, 6) is 0.365. The molecule has 0 fully saturated rings. The van der Waals surface area contributed by atoms with Crippen molar-refractivity contribution in [3.63, 3.8) is 0 Å². The topological polar surface area (TPSA) is 56.2 Å². The Morgan fingerprint density at radius 2 is 1.94 bits per heavy atom. The summed E-state index contributed by atoms with van der Waals surface area (Å²) in [7, 11) is 0. The molecule has 1 heterocycles. The van der Waals surface area contributed by atoms with Crippen molar-refractivity contribution in [1.29, 1.82) is 0 Å². The summed E-state index contributed by atoms with van der Waals surface area (Å²) in [6.45, 7) is 6.07. The van der Waals surface area contributed by atoms with Crippen molar-refractivity contribution >= 4 is 10.9 Å². The maximum Gasteiger partial charge on any atom is 0.116 e. The normalized spacial score (nSPS) is 12.0. The number of hydrogen-bond acceptors (Lipinski definition) is 2. The van der Waals surface area contributed by atoms with E-state index in [2.05, 4.69) is 4.98 Å². The van der Waals surface area contributed by atoms with E-state index in [4.69, 9.17) is 5.11 Å². The third-order valence-electron chi connectivity index (χ3n) is 2.43. The number of phenols is 1. The predicted octanol–water partition coefficient (Wildman–Crippen LogP) is 3.00. The van der Waals surface area contributed by atoms with E-state index in [1.54, 1.807) is 12.1 Å². The Balaban J connectivity index is 0.000000606. The zero-order valence-electron chi connectivity index (χ0n) is 9.99. The molecule has 3 heteroatoms. The summed E-state index contributed by atoms with van der Waals surface area (Å²) in [5.41, 5.74) is 1.98. The van der Waals surface area contributed by atoms with Gasteiger partial charge in [0, 0.05) is 22.5 Å². The van der Waals surface area contributed by atoms with Crippen LogP contribution in [0.1, 0.15) is 32.4 Å². The number of H-pyrrole nitrogens is 1. The molecule has 0 aliphatic carbocycles. The molecule has 0 aliphatic rings. The van der Waals surface area contributed by atoms with Gasteiger partial charge in [0.05, 0.1) is 6.61 Å². The number of aliphatic hydroxyl groups is 1. The van der Waals surface area contributed by atoms with Crippen molar-refractivity contribution in [2.45, 2.75) is 26.7 Å². The Morgan fingerprint density at radius 1 is 1.25 bits per heavy atom. The molecular weight excluding hydrogens is 202 g/mol. The molecule has 0 radical (unpaired) electrons. The van der Waals surface area contributed by atoms with E-state index in [-0.39, 0.29) is 18.3 Å². The molecule has 1 aromatic heterocycles. The molecule has 2 rings (SSSR count). The average molecular weight is 221 g/mol. The van der Waals surface area contributed by atoms with Crippen LogP contribution in [-0.2, 0) is 0 Å². The molecule has 2 aromatic rings. The van der Waals surface area contributed by atoms with Crippen LogP contribution in [0, 0.1) is 0 Å². The lowest BCUT2D eigenvalue weighted by molar-refractivity contribution is 0.271. The van der Waals surface area contributed by atoms with E-state index in [0.717, 1.165) is 16.6 Å². The molecular formula is C13H19NO2. The van der Waals surface area contributed by atoms with Gasteiger partial charge in [-0.2, -0.15) is 0 Å². The van der Waals surface area contributed by atoms with Gasteiger partial charge in [0.2, 0.25) is 0 Å². The fourth-order valence-electron chi connectivity index (χ4n) is 1.51. The third-order valence-corrected chi connectivity index (χ3v) is 2.43. The number of hydrogen-bond donors (Lipinski definition) is 3. The van der Waals surface area contributed by atoms with Crippen LogP contribution in [0.2, 0.25) is 0 Å². The zero-order chi connectivity index (χ0) is 12.1. The zero-order valence-corrected chi connectivity index (χ0v) is 9.99. The maximum atomic E-state index is 9.27. The molecule has 3 N–H and O–H groups in total. The van der Waals surface area contributed by atoms with E-state index < -0.39 is 0 Å². The molecule has 1 aromatic carbocycles. The summed E-state index contributed by atoms with van der Waals surface area (Å²) in [6, 6.07) is 7.14. The third kappa shape index (κ3) is 2.55. The largest absolute Gasteiger partial charge is 0.508 e. The second-order valence-electron chi connectivity index (χ2n) is 3.58. The van der Waals surface area contributed by atoms with Crippen LogP contribution in [-0.4, -0.2) is 21.8 Å². The highest BCUT2D eigenvalue weighted by Crippen LogP contribution is 2.24. The van der Waals surface area contributed by atoms with Gasteiger partial charge >= 0.3 is 0 Å². The average Bonchev–Trinajstić information content (AvgIpc) is 2.73. The lowest BCUT2D eigenvalue weighted by Gasteiger charge is -2.02. The van der Waals surface area contributed by atoms with Gasteiger partial charge in [-0.1, -0.05) is 20.8 Å². The van der Waals surface area contributed by atoms with Crippen molar-refractivity contribution in [2.24, 2.45) is 0 Å². The van der Waals surface area contributed by atoms with E-state index in [1.807, 2.05) is 32.9 Å². The van der Waals surface area contributed by atoms with Crippen molar-refractivity contribution in [3.05, 3.63) is 30.0 Å². The number of fused-ring (bicyclic) bond motifs is 1. The van der Waals surface area contributed by atoms with Gasteiger partial charge in [-0.05, 0) is 24.3 Å². The van der Waals surface area contributed by atoms with Crippen LogP contribution in [0.5, 0.6) is 5.75 Å². The minimum Gasteiger partial charge on any atom is -0.508 e. The Morgan fingerprint density at radius 3 is 2.56 bits per heavy atom. The standard InChI is InChI=1S/C11H13NO2.C2H6/c1-7(6-13)11-5-8-4-9(14)2-3-10(8)12-11;1-2/h2-5,7,12-14H,6H2,1H3;1-2H3. The quantitative estimate of drug-likeness (QED) is 0.730. The summed E-state index contributed by atoms with van der Waals surface area (Å²) in [4.78, 5) is 3.20. The second-order valence-corrected chi connectivity index (χ2v) is 3.58. The number of aromatic amines is 1. The molecule has 0 saturated carbocycles. The molecule has 16 heavy (non-hydrogen) atoms. The Bertz CT molecular complexity index is 448. The van der Waals surface area contributed by atoms with Crippen LogP contribution in [0.4, 0.5) is 0 Å². The van der Waals surface area contributed by atoms with Gasteiger partial charge in [-0.15, -0.1) is 0 Å². The van der Waals surface area contributed by atoms with Gasteiger partial charge in [-0.25, -0.2) is 0 Å². The number of rotatable bonds is 2. The number of phenolic OH excluding ortho intramolecular Hbond substituents is 1. The van der Waals surface area contributed by atoms with Crippen LogP contribution >= 0.6 is 0 Å². The maximum absolute atomic E-state index is 9.27. The van der Waals surface area contributed by atoms with Crippen molar-refractivity contribution in [1.82, 2.24) is 4.98 Å². The SMILES string of the molecule is CC.CC(CO)c1cc2cc(O)ccc2[nH]1. The first-order valence-electron chi connectivity index (χ1n) is 5.63. The molecule has 1 unspecified atom stereocenters. The van der Waals surface area contributed by atoms with E-state index in [9.17, 15) is 5.11 Å². The Hall–Kier alpha value is -1.48. The second kappa shape index (κ2) is 5.56. The summed E-state index contributed by atoms with van der Waals surface area (Å²) >= 11 is 0. The number of benzene rings is 1. The highest BCUT2D eigenvalue weighted by molar-refractivity contribution is 5.81. The Labute approximate surface area is 95.7 Å². The number of aromatic nitrogens is 1. The van der Waals surface area contributed by atoms with Gasteiger partial charge in [0.15, 0.2) is 0 Å². The van der Waals surface area contributed by atoms with Crippen LogP contribution in [0.25, 0.3) is 10.9 Å². The fourth-order valence-corrected chi connectivity index (χ4v) is 1.51.